The van der Waals surface area contributed by atoms with Gasteiger partial charge in [0.05, 0.1) is 17.8 Å². The number of methoxy groups -OCH3 is 1. The third kappa shape index (κ3) is 3.17. The molecule has 4 aromatic rings. The van der Waals surface area contributed by atoms with E-state index in [1.54, 1.807) is 36.7 Å². The molecule has 1 amide bonds. The highest BCUT2D eigenvalue weighted by molar-refractivity contribution is 7.14. The van der Waals surface area contributed by atoms with Gasteiger partial charge >= 0.3 is 5.97 Å². The molecule has 9 heteroatoms. The summed E-state index contributed by atoms with van der Waals surface area (Å²) in [4.78, 5) is 31.4. The van der Waals surface area contributed by atoms with Crippen molar-refractivity contribution in [1.29, 1.82) is 0 Å². The molecule has 0 unspecified atom stereocenters. The van der Waals surface area contributed by atoms with Crippen LogP contribution in [-0.2, 0) is 4.74 Å². The van der Waals surface area contributed by atoms with Crippen molar-refractivity contribution in [1.82, 2.24) is 9.97 Å². The summed E-state index contributed by atoms with van der Waals surface area (Å²) in [7, 11) is 1.31. The molecule has 0 fully saturated rings. The number of anilines is 1. The SMILES string of the molecule is COC(=O)c1cc(-c2csc(NC(=O)c3oc4c(Cl)cccc4c3C)n2)c[nH]1. The maximum atomic E-state index is 12.6. The van der Waals surface area contributed by atoms with Gasteiger partial charge in [-0.05, 0) is 19.1 Å². The predicted molar refractivity (Wildman–Crippen MR) is 107 cm³/mol. The number of aromatic amines is 1. The predicted octanol–water partition coefficient (Wildman–Crippen LogP) is 4.89. The first-order valence-electron chi connectivity index (χ1n) is 8.19. The van der Waals surface area contributed by atoms with Gasteiger partial charge in [0.1, 0.15) is 5.69 Å². The van der Waals surface area contributed by atoms with E-state index in [9.17, 15) is 9.59 Å². The molecule has 0 radical (unpaired) electrons. The highest BCUT2D eigenvalue weighted by Gasteiger charge is 2.20. The molecule has 0 saturated carbocycles. The lowest BCUT2D eigenvalue weighted by Gasteiger charge is -1.99. The Morgan fingerprint density at radius 1 is 1.36 bits per heavy atom. The number of aryl methyl sites for hydroxylation is 1. The van der Waals surface area contributed by atoms with E-state index >= 15 is 0 Å². The van der Waals surface area contributed by atoms with Gasteiger partial charge < -0.3 is 14.1 Å². The van der Waals surface area contributed by atoms with Gasteiger partial charge in [0.25, 0.3) is 5.91 Å². The van der Waals surface area contributed by atoms with E-state index in [1.165, 1.54) is 18.4 Å². The minimum Gasteiger partial charge on any atom is -0.464 e. The van der Waals surface area contributed by atoms with Gasteiger partial charge in [-0.3, -0.25) is 10.1 Å². The third-order valence-electron chi connectivity index (χ3n) is 4.23. The lowest BCUT2D eigenvalue weighted by molar-refractivity contribution is 0.0594. The van der Waals surface area contributed by atoms with Crippen LogP contribution in [0.1, 0.15) is 26.6 Å². The summed E-state index contributed by atoms with van der Waals surface area (Å²) in [6, 6.07) is 7.00. The van der Waals surface area contributed by atoms with Gasteiger partial charge in [-0.2, -0.15) is 0 Å². The maximum Gasteiger partial charge on any atom is 0.354 e. The number of fused-ring (bicyclic) bond motifs is 1. The summed E-state index contributed by atoms with van der Waals surface area (Å²) in [6.07, 6.45) is 1.65. The molecule has 1 aromatic carbocycles. The van der Waals surface area contributed by atoms with Crippen LogP contribution in [0.25, 0.3) is 22.2 Å². The Hall–Kier alpha value is -3.10. The molecule has 3 aromatic heterocycles. The zero-order chi connectivity index (χ0) is 19.8. The smallest absolute Gasteiger partial charge is 0.354 e. The number of hydrogen-bond acceptors (Lipinski definition) is 6. The fraction of sp³-hybridized carbons (Fsp3) is 0.105. The van der Waals surface area contributed by atoms with Crippen LogP contribution in [0.3, 0.4) is 0 Å². The van der Waals surface area contributed by atoms with E-state index < -0.39 is 11.9 Å². The fourth-order valence-corrected chi connectivity index (χ4v) is 3.74. The summed E-state index contributed by atoms with van der Waals surface area (Å²) in [5.41, 5.74) is 2.85. The van der Waals surface area contributed by atoms with E-state index in [2.05, 4.69) is 20.0 Å². The maximum absolute atomic E-state index is 12.6. The molecule has 0 aliphatic heterocycles. The van der Waals surface area contributed by atoms with E-state index in [0.29, 0.717) is 38.3 Å². The van der Waals surface area contributed by atoms with Gasteiger partial charge in [0.15, 0.2) is 16.5 Å². The summed E-state index contributed by atoms with van der Waals surface area (Å²) < 4.78 is 10.3. The number of carbonyl (C=O) groups is 2. The summed E-state index contributed by atoms with van der Waals surface area (Å²) in [5.74, 6) is -0.682. The number of amides is 1. The van der Waals surface area contributed by atoms with Gasteiger partial charge in [0, 0.05) is 28.1 Å². The second-order valence-electron chi connectivity index (χ2n) is 5.96. The van der Waals surface area contributed by atoms with E-state index in [1.807, 2.05) is 6.07 Å². The van der Waals surface area contributed by atoms with Gasteiger partial charge in [-0.15, -0.1) is 11.3 Å². The summed E-state index contributed by atoms with van der Waals surface area (Å²) in [6.45, 7) is 1.80. The Balaban J connectivity index is 1.57. The fourth-order valence-electron chi connectivity index (χ4n) is 2.81. The Kier molecular flexibility index (Phi) is 4.66. The Bertz CT molecular complexity index is 1210. The molecule has 7 nitrogen and oxygen atoms in total. The number of benzene rings is 1. The number of hydrogen-bond donors (Lipinski definition) is 2. The van der Waals surface area contributed by atoms with Crippen LogP contribution in [0, 0.1) is 6.92 Å². The van der Waals surface area contributed by atoms with Gasteiger partial charge in [-0.1, -0.05) is 23.7 Å². The van der Waals surface area contributed by atoms with Crippen LogP contribution >= 0.6 is 22.9 Å². The first-order chi connectivity index (χ1) is 13.5. The number of rotatable bonds is 4. The second kappa shape index (κ2) is 7.14. The van der Waals surface area contributed by atoms with Crippen LogP contribution in [0.15, 0.2) is 40.3 Å². The van der Waals surface area contributed by atoms with Gasteiger partial charge in [0.2, 0.25) is 0 Å². The zero-order valence-electron chi connectivity index (χ0n) is 14.8. The number of ether oxygens (including phenoxy) is 1. The van der Waals surface area contributed by atoms with Crippen molar-refractivity contribution in [2.24, 2.45) is 0 Å². The van der Waals surface area contributed by atoms with Crippen molar-refractivity contribution in [3.8, 4) is 11.3 Å². The third-order valence-corrected chi connectivity index (χ3v) is 5.29. The van der Waals surface area contributed by atoms with Crippen LogP contribution in [-0.4, -0.2) is 29.0 Å². The normalized spacial score (nSPS) is 11.0. The van der Waals surface area contributed by atoms with Crippen molar-refractivity contribution in [3.63, 3.8) is 0 Å². The topological polar surface area (TPSA) is 97.2 Å². The Morgan fingerprint density at radius 2 is 2.18 bits per heavy atom. The molecule has 142 valence electrons. The van der Waals surface area contributed by atoms with Crippen LogP contribution in [0.2, 0.25) is 5.02 Å². The molecule has 3 heterocycles. The molecule has 0 saturated heterocycles. The lowest BCUT2D eigenvalue weighted by Crippen LogP contribution is -2.11. The number of furan rings is 1. The van der Waals surface area contributed by atoms with Crippen molar-refractivity contribution in [2.45, 2.75) is 6.92 Å². The van der Waals surface area contributed by atoms with Crippen LogP contribution in [0.5, 0.6) is 0 Å². The minimum absolute atomic E-state index is 0.189. The monoisotopic (exact) mass is 415 g/mol. The van der Waals surface area contributed by atoms with Crippen molar-refractivity contribution < 1.29 is 18.7 Å². The summed E-state index contributed by atoms with van der Waals surface area (Å²) >= 11 is 7.41. The lowest BCUT2D eigenvalue weighted by atomic mass is 10.1. The number of carbonyl (C=O) groups excluding carboxylic acids is 2. The van der Waals surface area contributed by atoms with E-state index in [4.69, 9.17) is 16.0 Å². The summed E-state index contributed by atoms with van der Waals surface area (Å²) in [5, 5.41) is 6.17. The van der Waals surface area contributed by atoms with Crippen molar-refractivity contribution in [3.05, 3.63) is 57.9 Å². The number of H-pyrrole nitrogens is 1. The Labute approximate surface area is 168 Å². The number of para-hydroxylation sites is 1. The molecule has 2 N–H and O–H groups in total. The van der Waals surface area contributed by atoms with Gasteiger partial charge in [-0.25, -0.2) is 9.78 Å². The quantitative estimate of drug-likeness (QED) is 0.463. The first-order valence-corrected chi connectivity index (χ1v) is 9.45. The number of halogens is 1. The number of esters is 1. The molecule has 0 aliphatic rings. The minimum atomic E-state index is -0.464. The Morgan fingerprint density at radius 3 is 2.93 bits per heavy atom. The van der Waals surface area contributed by atoms with Crippen molar-refractivity contribution in [2.75, 3.05) is 12.4 Å². The van der Waals surface area contributed by atoms with Crippen molar-refractivity contribution >= 4 is 50.9 Å². The average Bonchev–Trinajstić information content (AvgIpc) is 3.41. The standard InChI is InChI=1S/C19H14ClN3O4S/c1-9-11-4-3-5-12(20)16(11)27-15(9)17(24)23-19-22-14(8-28-19)10-6-13(21-7-10)18(25)26-2/h3-8,21H,1-2H3,(H,22,23,24). The number of nitrogens with one attached hydrogen (secondary N) is 2. The van der Waals surface area contributed by atoms with Crippen LogP contribution < -0.4 is 5.32 Å². The van der Waals surface area contributed by atoms with Crippen LogP contribution in [0.4, 0.5) is 5.13 Å². The molecule has 28 heavy (non-hydrogen) atoms. The van der Waals surface area contributed by atoms with E-state index in [-0.39, 0.29) is 5.76 Å². The van der Waals surface area contributed by atoms with E-state index in [0.717, 1.165) is 5.39 Å². The first kappa shape index (κ1) is 18.3. The molecule has 0 aliphatic carbocycles. The molecular weight excluding hydrogens is 402 g/mol. The zero-order valence-corrected chi connectivity index (χ0v) is 16.4. The average molecular weight is 416 g/mol. The molecule has 0 atom stereocenters. The second-order valence-corrected chi connectivity index (χ2v) is 7.22. The molecular formula is C19H14ClN3O4S. The molecule has 4 rings (SSSR count). The molecule has 0 spiro atoms. The largest absolute Gasteiger partial charge is 0.464 e. The number of thiazole rings is 1. The number of aromatic nitrogens is 2. The number of nitrogens with zero attached hydrogens (tertiary/aromatic N) is 1. The highest BCUT2D eigenvalue weighted by atomic mass is 35.5. The molecule has 0 bridgehead atoms. The highest BCUT2D eigenvalue weighted by Crippen LogP contribution is 2.32.